The van der Waals surface area contributed by atoms with E-state index in [-0.39, 0.29) is 0 Å². The smallest absolute Gasteiger partial charge is 0.125 e. The van der Waals surface area contributed by atoms with Gasteiger partial charge in [-0.1, -0.05) is 0 Å². The van der Waals surface area contributed by atoms with Crippen LogP contribution in [0.25, 0.3) is 0 Å². The Morgan fingerprint density at radius 1 is 1.50 bits per heavy atom. The fourth-order valence-electron chi connectivity index (χ4n) is 2.19. The first-order chi connectivity index (χ1) is 6.81. The Bertz CT molecular complexity index is 314. The lowest BCUT2D eigenvalue weighted by Crippen LogP contribution is -2.14. The summed E-state index contributed by atoms with van der Waals surface area (Å²) in [5, 5.41) is 0. The quantitative estimate of drug-likeness (QED) is 0.775. The molecule has 14 heavy (non-hydrogen) atoms. The summed E-state index contributed by atoms with van der Waals surface area (Å²) < 4.78 is 5.31. The van der Waals surface area contributed by atoms with E-state index < -0.39 is 0 Å². The van der Waals surface area contributed by atoms with E-state index in [1.807, 2.05) is 12.3 Å². The molecule has 1 fully saturated rings. The summed E-state index contributed by atoms with van der Waals surface area (Å²) in [6.45, 7) is 0. The van der Waals surface area contributed by atoms with Crippen molar-refractivity contribution in [2.24, 2.45) is 5.73 Å². The Morgan fingerprint density at radius 2 is 2.36 bits per heavy atom. The summed E-state index contributed by atoms with van der Waals surface area (Å²) in [5.41, 5.74) is 7.10. The largest absolute Gasteiger partial charge is 0.496 e. The van der Waals surface area contributed by atoms with Crippen LogP contribution in [0.4, 0.5) is 0 Å². The van der Waals surface area contributed by atoms with Gasteiger partial charge in [-0.3, -0.25) is 4.98 Å². The van der Waals surface area contributed by atoms with Crippen molar-refractivity contribution in [2.75, 3.05) is 7.11 Å². The summed E-state index contributed by atoms with van der Waals surface area (Å²) in [7, 11) is 1.70. The van der Waals surface area contributed by atoms with Crippen LogP contribution in [0, 0.1) is 0 Å². The average molecular weight is 192 g/mol. The Labute approximate surface area is 84.3 Å². The lowest BCUT2D eigenvalue weighted by atomic mass is 9.98. The molecular weight excluding hydrogens is 176 g/mol. The van der Waals surface area contributed by atoms with Gasteiger partial charge in [0, 0.05) is 24.0 Å². The van der Waals surface area contributed by atoms with Crippen molar-refractivity contribution < 1.29 is 4.74 Å². The normalized spacial score (nSPS) is 26.4. The molecule has 0 aromatic carbocycles. The number of ether oxygens (including phenoxy) is 1. The van der Waals surface area contributed by atoms with Crippen LogP contribution in [0.2, 0.25) is 0 Å². The van der Waals surface area contributed by atoms with Crippen LogP contribution >= 0.6 is 0 Å². The molecule has 2 N–H and O–H groups in total. The Morgan fingerprint density at radius 3 is 3.00 bits per heavy atom. The molecule has 1 aliphatic rings. The van der Waals surface area contributed by atoms with E-state index in [2.05, 4.69) is 4.98 Å². The summed E-state index contributed by atoms with van der Waals surface area (Å²) >= 11 is 0. The van der Waals surface area contributed by atoms with Gasteiger partial charge in [-0.15, -0.1) is 0 Å². The Hall–Kier alpha value is -1.09. The van der Waals surface area contributed by atoms with Crippen LogP contribution in [0.5, 0.6) is 5.75 Å². The molecule has 0 aliphatic heterocycles. The van der Waals surface area contributed by atoms with E-state index in [0.717, 1.165) is 25.0 Å². The van der Waals surface area contributed by atoms with Crippen molar-refractivity contribution in [3.8, 4) is 5.75 Å². The van der Waals surface area contributed by atoms with Gasteiger partial charge in [0.25, 0.3) is 0 Å². The van der Waals surface area contributed by atoms with Crippen molar-refractivity contribution in [1.82, 2.24) is 4.98 Å². The van der Waals surface area contributed by atoms with E-state index >= 15 is 0 Å². The monoisotopic (exact) mass is 192 g/mol. The van der Waals surface area contributed by atoms with Gasteiger partial charge in [-0.05, 0) is 31.2 Å². The molecule has 1 aromatic rings. The molecule has 76 valence electrons. The predicted molar refractivity (Wildman–Crippen MR) is 55.4 cm³/mol. The van der Waals surface area contributed by atoms with Crippen LogP contribution < -0.4 is 10.5 Å². The first-order valence-electron chi connectivity index (χ1n) is 5.04. The summed E-state index contributed by atoms with van der Waals surface area (Å²) in [4.78, 5) is 4.14. The topological polar surface area (TPSA) is 48.1 Å². The number of nitrogens with zero attached hydrogens (tertiary/aromatic N) is 1. The van der Waals surface area contributed by atoms with Gasteiger partial charge in [0.05, 0.1) is 7.11 Å². The summed E-state index contributed by atoms with van der Waals surface area (Å²) in [6, 6.07) is 2.27. The zero-order chi connectivity index (χ0) is 9.97. The van der Waals surface area contributed by atoms with Crippen molar-refractivity contribution in [3.63, 3.8) is 0 Å². The van der Waals surface area contributed by atoms with Crippen LogP contribution in [0.1, 0.15) is 30.7 Å². The molecule has 1 saturated carbocycles. The molecule has 2 rings (SSSR count). The second-order valence-corrected chi connectivity index (χ2v) is 3.89. The third-order valence-corrected chi connectivity index (χ3v) is 2.94. The summed E-state index contributed by atoms with van der Waals surface area (Å²) in [6.07, 6.45) is 6.99. The standard InChI is InChI=1S/C11H16N2O/c1-14-11-4-5-13-7-10(11)8-2-3-9(12)6-8/h4-5,7-9H,2-3,6,12H2,1H3. The van der Waals surface area contributed by atoms with E-state index in [0.29, 0.717) is 12.0 Å². The predicted octanol–water partition coefficient (Wildman–Crippen LogP) is 1.69. The van der Waals surface area contributed by atoms with Crippen molar-refractivity contribution in [2.45, 2.75) is 31.2 Å². The number of rotatable bonds is 2. The summed E-state index contributed by atoms with van der Waals surface area (Å²) in [5.74, 6) is 1.48. The van der Waals surface area contributed by atoms with Gasteiger partial charge in [0.15, 0.2) is 0 Å². The molecule has 0 bridgehead atoms. The molecular formula is C11H16N2O. The number of nitrogens with two attached hydrogens (primary N) is 1. The minimum atomic E-state index is 0.352. The zero-order valence-corrected chi connectivity index (χ0v) is 8.44. The molecule has 0 spiro atoms. The van der Waals surface area contributed by atoms with Gasteiger partial charge >= 0.3 is 0 Å². The molecule has 0 saturated heterocycles. The fraction of sp³-hybridized carbons (Fsp3) is 0.545. The molecule has 3 heteroatoms. The lowest BCUT2D eigenvalue weighted by molar-refractivity contribution is 0.404. The molecule has 1 heterocycles. The minimum Gasteiger partial charge on any atom is -0.496 e. The first kappa shape index (κ1) is 9.46. The van der Waals surface area contributed by atoms with E-state index in [4.69, 9.17) is 10.5 Å². The van der Waals surface area contributed by atoms with Gasteiger partial charge in [-0.2, -0.15) is 0 Å². The van der Waals surface area contributed by atoms with Crippen LogP contribution in [0.3, 0.4) is 0 Å². The third kappa shape index (κ3) is 1.73. The molecule has 2 atom stereocenters. The maximum Gasteiger partial charge on any atom is 0.125 e. The number of hydrogen-bond donors (Lipinski definition) is 1. The van der Waals surface area contributed by atoms with Crippen LogP contribution in [0.15, 0.2) is 18.5 Å². The molecule has 1 aromatic heterocycles. The highest BCUT2D eigenvalue weighted by Crippen LogP contribution is 2.37. The SMILES string of the molecule is COc1ccncc1C1CCC(N)C1. The van der Waals surface area contributed by atoms with Crippen molar-refractivity contribution >= 4 is 0 Å². The Balaban J connectivity index is 2.22. The highest BCUT2D eigenvalue weighted by atomic mass is 16.5. The molecule has 2 unspecified atom stereocenters. The first-order valence-corrected chi connectivity index (χ1v) is 5.04. The van der Waals surface area contributed by atoms with Gasteiger partial charge in [-0.25, -0.2) is 0 Å². The Kier molecular flexibility index (Phi) is 2.68. The van der Waals surface area contributed by atoms with E-state index in [9.17, 15) is 0 Å². The van der Waals surface area contributed by atoms with Crippen LogP contribution in [-0.2, 0) is 0 Å². The molecule has 3 nitrogen and oxygen atoms in total. The highest BCUT2D eigenvalue weighted by molar-refractivity contribution is 5.34. The van der Waals surface area contributed by atoms with Crippen LogP contribution in [-0.4, -0.2) is 18.1 Å². The highest BCUT2D eigenvalue weighted by Gasteiger charge is 2.25. The van der Waals surface area contributed by atoms with Gasteiger partial charge in [0.2, 0.25) is 0 Å². The number of pyridine rings is 1. The van der Waals surface area contributed by atoms with E-state index in [1.165, 1.54) is 5.56 Å². The third-order valence-electron chi connectivity index (χ3n) is 2.94. The fourth-order valence-corrected chi connectivity index (χ4v) is 2.19. The van der Waals surface area contributed by atoms with Crippen molar-refractivity contribution in [3.05, 3.63) is 24.0 Å². The number of aromatic nitrogens is 1. The van der Waals surface area contributed by atoms with E-state index in [1.54, 1.807) is 13.3 Å². The molecule has 1 aliphatic carbocycles. The van der Waals surface area contributed by atoms with Crippen molar-refractivity contribution in [1.29, 1.82) is 0 Å². The molecule has 0 radical (unpaired) electrons. The average Bonchev–Trinajstić information content (AvgIpc) is 2.65. The maximum atomic E-state index is 5.89. The number of hydrogen-bond acceptors (Lipinski definition) is 3. The second kappa shape index (κ2) is 3.96. The zero-order valence-electron chi connectivity index (χ0n) is 8.44. The van der Waals surface area contributed by atoms with Gasteiger partial charge < -0.3 is 10.5 Å². The van der Waals surface area contributed by atoms with Gasteiger partial charge in [0.1, 0.15) is 5.75 Å². The minimum absolute atomic E-state index is 0.352. The number of methoxy groups -OCH3 is 1. The maximum absolute atomic E-state index is 5.89. The second-order valence-electron chi connectivity index (χ2n) is 3.89. The lowest BCUT2D eigenvalue weighted by Gasteiger charge is -2.13. The molecule has 0 amide bonds.